The number of ether oxygens (including phenoxy) is 1. The van der Waals surface area contributed by atoms with Crippen LogP contribution in [0.2, 0.25) is 0 Å². The van der Waals surface area contributed by atoms with Crippen molar-refractivity contribution in [3.63, 3.8) is 0 Å². The fourth-order valence-electron chi connectivity index (χ4n) is 2.62. The van der Waals surface area contributed by atoms with Gasteiger partial charge in [0.1, 0.15) is 5.75 Å². The molecule has 0 aliphatic heterocycles. The molecule has 0 saturated heterocycles. The number of nitrogens with two attached hydrogens (primary N) is 1. The van der Waals surface area contributed by atoms with Crippen LogP contribution in [0.5, 0.6) is 5.75 Å². The number of hydrogen-bond acceptors (Lipinski definition) is 4. The molecule has 0 fully saturated rings. The largest absolute Gasteiger partial charge is 0.496 e. The monoisotopic (exact) mass is 518 g/mol. The number of nitrogens with zero attached hydrogens (tertiary/aromatic N) is 1. The first kappa shape index (κ1) is 24.2. The molecular weight excluding hydrogens is 491 g/mol. The van der Waals surface area contributed by atoms with Gasteiger partial charge in [0.2, 0.25) is 10.0 Å². The lowest BCUT2D eigenvalue weighted by Crippen LogP contribution is -2.37. The van der Waals surface area contributed by atoms with Gasteiger partial charge in [0.05, 0.1) is 12.0 Å². The first-order valence-corrected chi connectivity index (χ1v) is 10.1. The molecule has 0 aliphatic rings. The predicted molar refractivity (Wildman–Crippen MR) is 123 cm³/mol. The third-order valence-corrected chi connectivity index (χ3v) is 4.99. The molecule has 4 N–H and O–H groups in total. The topological polar surface area (TPSA) is 106 Å². The molecule has 0 saturated carbocycles. The summed E-state index contributed by atoms with van der Waals surface area (Å²) < 4.78 is 28.0. The predicted octanol–water partition coefficient (Wildman–Crippen LogP) is 2.18. The molecule has 0 aliphatic carbocycles. The van der Waals surface area contributed by atoms with Gasteiger partial charge in [0.25, 0.3) is 0 Å². The van der Waals surface area contributed by atoms with Gasteiger partial charge >= 0.3 is 0 Å². The Labute approximate surface area is 183 Å². The molecule has 0 radical (unpaired) electrons. The van der Waals surface area contributed by atoms with Crippen molar-refractivity contribution in [2.45, 2.75) is 24.8 Å². The highest BCUT2D eigenvalue weighted by Crippen LogP contribution is 2.19. The molecule has 0 amide bonds. The van der Waals surface area contributed by atoms with E-state index in [9.17, 15) is 8.42 Å². The number of benzene rings is 2. The van der Waals surface area contributed by atoms with Crippen molar-refractivity contribution in [3.8, 4) is 5.75 Å². The zero-order valence-corrected chi connectivity index (χ0v) is 19.4. The highest BCUT2D eigenvalue weighted by atomic mass is 127. The lowest BCUT2D eigenvalue weighted by molar-refractivity contribution is 0.409. The molecule has 0 unspecified atom stereocenters. The molecule has 0 heterocycles. The molecule has 2 aromatic carbocycles. The van der Waals surface area contributed by atoms with Crippen LogP contribution in [0.25, 0.3) is 0 Å². The summed E-state index contributed by atoms with van der Waals surface area (Å²) in [5, 5.41) is 11.6. The van der Waals surface area contributed by atoms with Crippen molar-refractivity contribution >= 4 is 40.0 Å². The molecule has 154 valence electrons. The molecule has 0 aromatic heterocycles. The summed E-state index contributed by atoms with van der Waals surface area (Å²) in [6, 6.07) is 12.5. The van der Waals surface area contributed by atoms with Crippen molar-refractivity contribution < 1.29 is 13.2 Å². The Bertz CT molecular complexity index is 900. The zero-order valence-electron chi connectivity index (χ0n) is 16.2. The summed E-state index contributed by atoms with van der Waals surface area (Å²) in [5.74, 6) is 1.54. The Morgan fingerprint density at radius 2 is 1.82 bits per heavy atom. The summed E-state index contributed by atoms with van der Waals surface area (Å²) >= 11 is 0. The number of aliphatic imine (C=N–C) groups is 1. The number of halogens is 1. The second-order valence-electron chi connectivity index (χ2n) is 6.11. The van der Waals surface area contributed by atoms with Crippen LogP contribution >= 0.6 is 24.0 Å². The maximum atomic E-state index is 11.3. The van der Waals surface area contributed by atoms with E-state index in [1.54, 1.807) is 26.3 Å². The number of aryl methyl sites for hydroxylation is 1. The van der Waals surface area contributed by atoms with Crippen LogP contribution in [-0.4, -0.2) is 35.1 Å². The molecule has 9 heteroatoms. The second kappa shape index (κ2) is 11.2. The number of primary sulfonamides is 1. The highest BCUT2D eigenvalue weighted by Gasteiger charge is 2.07. The number of hydrogen-bond donors (Lipinski definition) is 3. The average Bonchev–Trinajstić information content (AvgIpc) is 2.64. The molecule has 7 nitrogen and oxygen atoms in total. The van der Waals surface area contributed by atoms with E-state index in [-0.39, 0.29) is 28.9 Å². The lowest BCUT2D eigenvalue weighted by atomic mass is 10.1. The van der Waals surface area contributed by atoms with Gasteiger partial charge in [0.15, 0.2) is 5.96 Å². The second-order valence-corrected chi connectivity index (χ2v) is 7.67. The van der Waals surface area contributed by atoms with Crippen LogP contribution in [0.1, 0.15) is 16.7 Å². The lowest BCUT2D eigenvalue weighted by Gasteiger charge is -2.14. The number of rotatable bonds is 7. The quantitative estimate of drug-likeness (QED) is 0.296. The molecular formula is C19H27IN4O3S. The first-order valence-electron chi connectivity index (χ1n) is 8.53. The van der Waals surface area contributed by atoms with Crippen LogP contribution in [0.3, 0.4) is 0 Å². The number of methoxy groups -OCH3 is 1. The van der Waals surface area contributed by atoms with Crippen LogP contribution in [0, 0.1) is 6.92 Å². The van der Waals surface area contributed by atoms with E-state index >= 15 is 0 Å². The Kier molecular flexibility index (Phi) is 9.70. The van der Waals surface area contributed by atoms with Gasteiger partial charge in [-0.1, -0.05) is 29.8 Å². The summed E-state index contributed by atoms with van der Waals surface area (Å²) in [7, 11) is -0.299. The van der Waals surface area contributed by atoms with Crippen LogP contribution in [0.15, 0.2) is 52.4 Å². The molecule has 28 heavy (non-hydrogen) atoms. The average molecular weight is 518 g/mol. The molecule has 0 spiro atoms. The third kappa shape index (κ3) is 7.28. The van der Waals surface area contributed by atoms with E-state index in [2.05, 4.69) is 28.6 Å². The zero-order chi connectivity index (χ0) is 19.9. The maximum absolute atomic E-state index is 11.3. The summed E-state index contributed by atoms with van der Waals surface area (Å²) in [5.41, 5.74) is 3.25. The van der Waals surface area contributed by atoms with Crippen LogP contribution in [0.4, 0.5) is 0 Å². The van der Waals surface area contributed by atoms with E-state index in [1.807, 2.05) is 12.1 Å². The van der Waals surface area contributed by atoms with E-state index in [0.29, 0.717) is 19.0 Å². The molecule has 0 atom stereocenters. The van der Waals surface area contributed by atoms with Gasteiger partial charge in [-0.25, -0.2) is 13.6 Å². The van der Waals surface area contributed by atoms with Gasteiger partial charge in [-0.05, 0) is 42.7 Å². The van der Waals surface area contributed by atoms with E-state index in [1.165, 1.54) is 17.7 Å². The number of nitrogens with one attached hydrogen (secondary N) is 2. The van der Waals surface area contributed by atoms with Gasteiger partial charge in [-0.3, -0.25) is 4.99 Å². The minimum absolute atomic E-state index is 0. The summed E-state index contributed by atoms with van der Waals surface area (Å²) in [4.78, 5) is 4.30. The number of guanidine groups is 1. The minimum Gasteiger partial charge on any atom is -0.496 e. The summed E-state index contributed by atoms with van der Waals surface area (Å²) in [6.07, 6.45) is 0.800. The molecule has 2 aromatic rings. The van der Waals surface area contributed by atoms with Gasteiger partial charge in [0, 0.05) is 20.1 Å². The smallest absolute Gasteiger partial charge is 0.238 e. The van der Waals surface area contributed by atoms with Crippen LogP contribution in [-0.2, 0) is 23.0 Å². The third-order valence-electron chi connectivity index (χ3n) is 4.06. The standard InChI is InChI=1S/C19H26N4O3S.HI/c1-14-4-9-18(26-3)16(12-14)10-11-22-19(21-2)23-13-15-5-7-17(8-6-15)27(20,24)25;/h4-9,12H,10-11,13H2,1-3H3,(H2,20,24,25)(H2,21,22,23);1H. The Balaban J connectivity index is 0.00000392. The normalized spacial score (nSPS) is 11.5. The SMILES string of the molecule is CN=C(NCCc1cc(C)ccc1OC)NCc1ccc(S(N)(=O)=O)cc1.I. The van der Waals surface area contributed by atoms with Gasteiger partial charge in [-0.2, -0.15) is 0 Å². The fraction of sp³-hybridized carbons (Fsp3) is 0.316. The maximum Gasteiger partial charge on any atom is 0.238 e. The first-order chi connectivity index (χ1) is 12.8. The van der Waals surface area contributed by atoms with Crippen LogP contribution < -0.4 is 20.5 Å². The highest BCUT2D eigenvalue weighted by molar-refractivity contribution is 14.0. The van der Waals surface area contributed by atoms with Crippen molar-refractivity contribution in [1.29, 1.82) is 0 Å². The Hall–Kier alpha value is -1.85. The van der Waals surface area contributed by atoms with Gasteiger partial charge in [-0.15, -0.1) is 24.0 Å². The summed E-state index contributed by atoms with van der Waals surface area (Å²) in [6.45, 7) is 3.26. The fourth-order valence-corrected chi connectivity index (χ4v) is 3.14. The molecule has 0 bridgehead atoms. The number of sulfonamides is 1. The van der Waals surface area contributed by atoms with E-state index < -0.39 is 10.0 Å². The van der Waals surface area contributed by atoms with Crippen molar-refractivity contribution in [3.05, 3.63) is 59.2 Å². The minimum atomic E-state index is -3.67. The molecule has 2 rings (SSSR count). The van der Waals surface area contributed by atoms with Crippen molar-refractivity contribution in [2.24, 2.45) is 10.1 Å². The van der Waals surface area contributed by atoms with E-state index in [0.717, 1.165) is 23.3 Å². The van der Waals surface area contributed by atoms with Gasteiger partial charge < -0.3 is 15.4 Å². The van der Waals surface area contributed by atoms with Crippen molar-refractivity contribution in [1.82, 2.24) is 10.6 Å². The Morgan fingerprint density at radius 3 is 2.39 bits per heavy atom. The van der Waals surface area contributed by atoms with E-state index in [4.69, 9.17) is 9.88 Å². The van der Waals surface area contributed by atoms with Crippen molar-refractivity contribution in [2.75, 3.05) is 20.7 Å². The Morgan fingerprint density at radius 1 is 1.14 bits per heavy atom.